The van der Waals surface area contributed by atoms with Crippen LogP contribution < -0.4 is 59.6 Å². The molecule has 4 aromatic rings. The van der Waals surface area contributed by atoms with Crippen LogP contribution in [0.15, 0.2) is 51.3 Å². The average Bonchev–Trinajstić information content (AvgIpc) is 3.85. The SMILES string of the molecule is C[N+](C)(C)CCCCC[N+](C)(CCCN)CCCN.Cc1cc(=O)[nH]c(NC(=O)NCCC[N+](C)(CCCCC[NH+](C)C)CCCNC(=O)Nc2nc(C)cc(=O)[nH]2)n1.Cc1cc(=O)[nH]c(NC(=O)n2ccnc2)n1. The van der Waals surface area contributed by atoms with Crippen molar-refractivity contribution in [2.24, 2.45) is 11.5 Å². The Morgan fingerprint density at radius 1 is 0.560 bits per heavy atom. The molecular formula is C50H93N19O6+4. The molecule has 0 aliphatic rings. The summed E-state index contributed by atoms with van der Waals surface area (Å²) in [6.45, 7) is 16.4. The number of aromatic amines is 3. The molecule has 0 aliphatic carbocycles. The Bertz CT molecular complexity index is 2360. The fraction of sp³-hybridized carbons (Fsp3) is 0.640. The third-order valence-corrected chi connectivity index (χ3v) is 12.1. The van der Waals surface area contributed by atoms with Crippen molar-refractivity contribution in [2.45, 2.75) is 85.0 Å². The number of hydrogen-bond donors (Lipinski definition) is 11. The topological polar surface area (TPSA) is 323 Å². The van der Waals surface area contributed by atoms with Crippen LogP contribution in [-0.4, -0.2) is 199 Å². The van der Waals surface area contributed by atoms with Gasteiger partial charge in [-0.05, 0) is 72.4 Å². The minimum Gasteiger partial charge on any atom is -0.340 e. The summed E-state index contributed by atoms with van der Waals surface area (Å²) in [4.78, 5) is 95.0. The second-order valence-corrected chi connectivity index (χ2v) is 21.0. The van der Waals surface area contributed by atoms with Crippen LogP contribution >= 0.6 is 0 Å². The number of quaternary nitrogens is 4. The van der Waals surface area contributed by atoms with Gasteiger partial charge in [-0.2, -0.15) is 0 Å². The van der Waals surface area contributed by atoms with Gasteiger partial charge in [0, 0.05) is 86.4 Å². The quantitative estimate of drug-likeness (QED) is 0.0271. The van der Waals surface area contributed by atoms with Gasteiger partial charge >= 0.3 is 18.1 Å². The zero-order chi connectivity index (χ0) is 55.9. The smallest absolute Gasteiger partial charge is 0.333 e. The van der Waals surface area contributed by atoms with Crippen LogP contribution in [0.1, 0.15) is 81.3 Å². The van der Waals surface area contributed by atoms with Crippen LogP contribution in [0.3, 0.4) is 0 Å². The van der Waals surface area contributed by atoms with Crippen molar-refractivity contribution in [2.75, 3.05) is 144 Å². The summed E-state index contributed by atoms with van der Waals surface area (Å²) in [5.74, 6) is 0.344. The van der Waals surface area contributed by atoms with Gasteiger partial charge in [0.15, 0.2) is 0 Å². The van der Waals surface area contributed by atoms with Crippen LogP contribution in [0.25, 0.3) is 0 Å². The molecule has 25 nitrogen and oxygen atoms in total. The number of amides is 5. The number of anilines is 3. The van der Waals surface area contributed by atoms with E-state index in [2.05, 4.69) is 111 Å². The normalized spacial score (nSPS) is 11.5. The van der Waals surface area contributed by atoms with Crippen LogP contribution in [0, 0.1) is 20.8 Å². The lowest BCUT2D eigenvalue weighted by molar-refractivity contribution is -0.910. The van der Waals surface area contributed by atoms with Crippen molar-refractivity contribution in [3.05, 3.63) is 85.1 Å². The molecule has 0 atom stereocenters. The zero-order valence-electron chi connectivity index (χ0n) is 46.7. The molecular weight excluding hydrogens is 963 g/mol. The largest absolute Gasteiger partial charge is 0.340 e. The van der Waals surface area contributed by atoms with Gasteiger partial charge < -0.3 is 40.4 Å². The number of unbranched alkanes of at least 4 members (excludes halogenated alkanes) is 4. The van der Waals surface area contributed by atoms with Crippen LogP contribution in [0.2, 0.25) is 0 Å². The lowest BCUT2D eigenvalue weighted by Gasteiger charge is -2.35. The summed E-state index contributed by atoms with van der Waals surface area (Å²) in [5.41, 5.74) is 11.9. The third kappa shape index (κ3) is 30.6. The highest BCUT2D eigenvalue weighted by Crippen LogP contribution is 2.12. The number of aryl methyl sites for hydroxylation is 3. The molecule has 0 spiro atoms. The third-order valence-electron chi connectivity index (χ3n) is 12.1. The monoisotopic (exact) mass is 1060 g/mol. The number of urea groups is 2. The Labute approximate surface area is 442 Å². The number of imidazole rings is 1. The van der Waals surface area contributed by atoms with Crippen molar-refractivity contribution in [3.8, 4) is 0 Å². The van der Waals surface area contributed by atoms with Crippen molar-refractivity contribution < 1.29 is 32.7 Å². The molecule has 4 rings (SSSR count). The molecule has 13 N–H and O–H groups in total. The number of aromatic nitrogens is 8. The molecule has 0 unspecified atom stereocenters. The van der Waals surface area contributed by atoms with E-state index in [9.17, 15) is 28.8 Å². The molecule has 0 bridgehead atoms. The first-order valence-corrected chi connectivity index (χ1v) is 26.2. The first-order valence-electron chi connectivity index (χ1n) is 26.2. The number of nitrogens with two attached hydrogens (primary N) is 2. The molecule has 420 valence electrons. The molecule has 5 amide bonds. The minimum absolute atomic E-state index is 0.115. The molecule has 75 heavy (non-hydrogen) atoms. The van der Waals surface area contributed by atoms with Gasteiger partial charge in [0.2, 0.25) is 17.8 Å². The lowest BCUT2D eigenvalue weighted by atomic mass is 10.1. The number of carbonyl (C=O) groups is 3. The van der Waals surface area contributed by atoms with E-state index < -0.39 is 18.1 Å². The van der Waals surface area contributed by atoms with Gasteiger partial charge in [-0.3, -0.25) is 49.9 Å². The maximum atomic E-state index is 12.2. The Morgan fingerprint density at radius 2 is 0.947 bits per heavy atom. The summed E-state index contributed by atoms with van der Waals surface area (Å²) >= 11 is 0. The van der Waals surface area contributed by atoms with Crippen molar-refractivity contribution in [1.29, 1.82) is 0 Å². The number of hydrogen-bond acceptors (Lipinski definition) is 12. The zero-order valence-corrected chi connectivity index (χ0v) is 46.7. The molecule has 0 fully saturated rings. The Hall–Kier alpha value is -6.38. The number of nitrogens with one attached hydrogen (secondary N) is 9. The lowest BCUT2D eigenvalue weighted by Crippen LogP contribution is -3.05. The summed E-state index contributed by atoms with van der Waals surface area (Å²) in [7, 11) is 15.7. The molecule has 0 saturated carbocycles. The van der Waals surface area contributed by atoms with Gasteiger partial charge in [-0.1, -0.05) is 0 Å². The standard InChI is InChI=1S/C26H44N10O4.C15H38N4.C9H9N5O2/c1-19-17-21(37)31-23(29-19)33-25(39)27-11-9-15-36(5,14-8-6-7-13-35(3)4)16-10-12-28-26(40)34-24-30-20(2)18-22(38)32-24;1-18(2,3)12-6-5-7-13-19(4,14-8-10-16)15-9-11-17;1-6-4-7(15)12-8(11-6)13-9(16)14-3-2-10-5-14/h17-18H,6-16H2,1-5H3,(H5-,27,28,29,30,31,32,33,34,37,38,39,40);5-17H2,1-4H3;2-5H,1H3,(H2,11,12,13,15,16)/q;+2;/p+2. The maximum Gasteiger partial charge on any atom is 0.333 e. The van der Waals surface area contributed by atoms with Gasteiger partial charge in [0.25, 0.3) is 16.7 Å². The van der Waals surface area contributed by atoms with Gasteiger partial charge in [0.1, 0.15) is 6.33 Å². The molecule has 25 heteroatoms. The predicted molar refractivity (Wildman–Crippen MR) is 296 cm³/mol. The van der Waals surface area contributed by atoms with Crippen LogP contribution in [0.4, 0.5) is 32.2 Å². The van der Waals surface area contributed by atoms with Crippen molar-refractivity contribution in [1.82, 2.24) is 50.1 Å². The highest BCUT2D eigenvalue weighted by Gasteiger charge is 2.22. The summed E-state index contributed by atoms with van der Waals surface area (Å²) in [6, 6.07) is 2.77. The highest BCUT2D eigenvalue weighted by molar-refractivity contribution is 5.89. The predicted octanol–water partition coefficient (Wildman–Crippen LogP) is 1.32. The molecule has 0 aliphatic heterocycles. The Kier molecular flexibility index (Phi) is 29.6. The van der Waals surface area contributed by atoms with Crippen molar-refractivity contribution >= 4 is 35.9 Å². The van der Waals surface area contributed by atoms with E-state index in [-0.39, 0.29) is 34.5 Å². The fourth-order valence-electron chi connectivity index (χ4n) is 8.11. The molecule has 4 aromatic heterocycles. The average molecular weight is 1060 g/mol. The number of carbonyl (C=O) groups excluding carboxylic acids is 3. The van der Waals surface area contributed by atoms with Gasteiger partial charge in [0.05, 0.1) is 102 Å². The second-order valence-electron chi connectivity index (χ2n) is 21.0. The van der Waals surface area contributed by atoms with E-state index in [1.807, 2.05) is 0 Å². The number of H-pyrrole nitrogens is 3. The van der Waals surface area contributed by atoms with Crippen LogP contribution in [-0.2, 0) is 0 Å². The van der Waals surface area contributed by atoms with E-state index in [0.29, 0.717) is 30.2 Å². The summed E-state index contributed by atoms with van der Waals surface area (Å²) < 4.78 is 4.29. The first kappa shape index (κ1) is 64.7. The van der Waals surface area contributed by atoms with E-state index in [0.717, 1.165) is 91.2 Å². The number of nitrogens with zero attached hydrogens (tertiary/aromatic N) is 8. The maximum absolute atomic E-state index is 12.2. The van der Waals surface area contributed by atoms with Crippen molar-refractivity contribution in [3.63, 3.8) is 0 Å². The molecule has 4 heterocycles. The van der Waals surface area contributed by atoms with Gasteiger partial charge in [-0.25, -0.2) is 34.3 Å². The summed E-state index contributed by atoms with van der Waals surface area (Å²) in [5, 5.41) is 13.2. The Balaban J connectivity index is 0.000000451. The highest BCUT2D eigenvalue weighted by atomic mass is 16.2. The minimum atomic E-state index is -0.439. The van der Waals surface area contributed by atoms with Crippen LogP contribution in [0.5, 0.6) is 0 Å². The molecule has 0 radical (unpaired) electrons. The second kappa shape index (κ2) is 34.2. The number of rotatable bonds is 29. The van der Waals surface area contributed by atoms with E-state index in [1.165, 1.54) is 98.2 Å². The molecule has 0 aromatic carbocycles. The Morgan fingerprint density at radius 3 is 1.32 bits per heavy atom. The van der Waals surface area contributed by atoms with E-state index in [1.54, 1.807) is 20.8 Å². The fourth-order valence-corrected chi connectivity index (χ4v) is 8.11. The molecule has 0 saturated heterocycles. The van der Waals surface area contributed by atoms with E-state index >= 15 is 0 Å². The van der Waals surface area contributed by atoms with Gasteiger partial charge in [-0.15, -0.1) is 0 Å². The summed E-state index contributed by atoms with van der Waals surface area (Å²) in [6.07, 6.45) is 15.5. The first-order chi connectivity index (χ1) is 35.4. The van der Waals surface area contributed by atoms with E-state index in [4.69, 9.17) is 11.5 Å².